The Labute approximate surface area is 192 Å². The predicted octanol–water partition coefficient (Wildman–Crippen LogP) is 3.98. The molecule has 160 valence electrons. The molecular formula is C21H18IN3O5S. The van der Waals surface area contributed by atoms with Crippen LogP contribution >= 0.6 is 22.6 Å². The van der Waals surface area contributed by atoms with Gasteiger partial charge in [-0.25, -0.2) is 4.98 Å². The van der Waals surface area contributed by atoms with Gasteiger partial charge in [-0.1, -0.05) is 18.2 Å². The van der Waals surface area contributed by atoms with Gasteiger partial charge in [-0.15, -0.1) is 4.40 Å². The number of oxazole rings is 1. The molecule has 3 aromatic rings. The maximum Gasteiger partial charge on any atom is 0.286 e. The molecule has 0 saturated carbocycles. The van der Waals surface area contributed by atoms with E-state index < -0.39 is 15.8 Å². The first-order valence-corrected chi connectivity index (χ1v) is 11.9. The maximum absolute atomic E-state index is 12.9. The lowest BCUT2D eigenvalue weighted by atomic mass is 9.92. The molecular weight excluding hydrogens is 533 g/mol. The smallest absolute Gasteiger partial charge is 0.286 e. The average molecular weight is 551 g/mol. The van der Waals surface area contributed by atoms with Crippen molar-refractivity contribution < 1.29 is 22.4 Å². The third-order valence-corrected chi connectivity index (χ3v) is 6.86. The number of sulfonamides is 1. The molecule has 2 heterocycles. The fraction of sp³-hybridized carbons (Fsp3) is 0.190. The molecule has 0 aliphatic carbocycles. The van der Waals surface area contributed by atoms with Gasteiger partial charge in [0.1, 0.15) is 16.9 Å². The van der Waals surface area contributed by atoms with Gasteiger partial charge in [-0.05, 0) is 53.3 Å². The lowest BCUT2D eigenvalue weighted by Gasteiger charge is -2.19. The largest absolute Gasteiger partial charge is 0.496 e. The molecule has 0 amide bonds. The van der Waals surface area contributed by atoms with Gasteiger partial charge in [-0.3, -0.25) is 4.79 Å². The van der Waals surface area contributed by atoms with Gasteiger partial charge in [0, 0.05) is 15.6 Å². The van der Waals surface area contributed by atoms with Crippen LogP contribution in [0.4, 0.5) is 5.69 Å². The van der Waals surface area contributed by atoms with Gasteiger partial charge < -0.3 is 14.5 Å². The number of rotatable bonds is 7. The summed E-state index contributed by atoms with van der Waals surface area (Å²) in [4.78, 5) is 17.2. The van der Waals surface area contributed by atoms with E-state index in [-0.39, 0.29) is 23.1 Å². The Kier molecular flexibility index (Phi) is 6.10. The summed E-state index contributed by atoms with van der Waals surface area (Å²) in [6, 6.07) is 12.3. The number of Topliss-reactive ketones (excluding diaryl/α,β-unsaturated/α-hetero) is 1. The molecule has 1 aliphatic rings. The van der Waals surface area contributed by atoms with Crippen LogP contribution in [-0.4, -0.2) is 32.1 Å². The number of benzene rings is 2. The van der Waals surface area contributed by atoms with E-state index in [1.54, 1.807) is 19.2 Å². The van der Waals surface area contributed by atoms with Crippen molar-refractivity contribution in [3.05, 3.63) is 69.9 Å². The average Bonchev–Trinajstić information content (AvgIpc) is 3.28. The van der Waals surface area contributed by atoms with E-state index in [9.17, 15) is 13.2 Å². The topological polar surface area (TPSA) is 111 Å². The zero-order chi connectivity index (χ0) is 22.0. The van der Waals surface area contributed by atoms with Crippen molar-refractivity contribution >= 4 is 49.9 Å². The molecule has 0 bridgehead atoms. The van der Waals surface area contributed by atoms with Gasteiger partial charge in [0.15, 0.2) is 11.6 Å². The molecule has 0 fully saturated rings. The number of halogens is 1. The van der Waals surface area contributed by atoms with E-state index in [2.05, 4.69) is 14.7 Å². The zero-order valence-corrected chi connectivity index (χ0v) is 19.4. The predicted molar refractivity (Wildman–Crippen MR) is 123 cm³/mol. The first-order valence-electron chi connectivity index (χ1n) is 9.36. The first-order chi connectivity index (χ1) is 14.9. The maximum atomic E-state index is 12.9. The number of hydrogen-bond acceptors (Lipinski definition) is 7. The molecule has 1 aliphatic heterocycles. The Bertz CT molecular complexity index is 1260. The number of anilines is 1. The van der Waals surface area contributed by atoms with Gasteiger partial charge in [0.2, 0.25) is 5.89 Å². The molecule has 1 unspecified atom stereocenters. The number of methoxy groups -OCH3 is 1. The second-order valence-electron chi connectivity index (χ2n) is 6.81. The van der Waals surface area contributed by atoms with Crippen molar-refractivity contribution in [3.63, 3.8) is 0 Å². The molecule has 8 nitrogen and oxygen atoms in total. The molecule has 0 saturated heterocycles. The number of nitrogens with zero attached hydrogens (tertiary/aromatic N) is 2. The van der Waals surface area contributed by atoms with Crippen LogP contribution in [0.5, 0.6) is 5.75 Å². The van der Waals surface area contributed by atoms with Crippen LogP contribution < -0.4 is 10.1 Å². The SMILES string of the molecule is COc1ccccc1C(CCC(=O)C1=NS(=O)(=O)c2cc(I)ccc2N1)c1ncco1. The number of ketones is 1. The summed E-state index contributed by atoms with van der Waals surface area (Å²) in [5.41, 5.74) is 1.17. The number of nitrogens with one attached hydrogen (secondary N) is 1. The van der Waals surface area contributed by atoms with Crippen molar-refractivity contribution in [1.29, 1.82) is 0 Å². The molecule has 4 rings (SSSR count). The summed E-state index contributed by atoms with van der Waals surface area (Å²) in [6.45, 7) is 0. The summed E-state index contributed by atoms with van der Waals surface area (Å²) in [5, 5.41) is 2.85. The number of ether oxygens (including phenoxy) is 1. The van der Waals surface area contributed by atoms with Gasteiger partial charge >= 0.3 is 0 Å². The third kappa shape index (κ3) is 4.49. The number of para-hydroxylation sites is 1. The van der Waals surface area contributed by atoms with Crippen LogP contribution in [0.2, 0.25) is 0 Å². The Balaban J connectivity index is 1.58. The molecule has 2 aromatic carbocycles. The van der Waals surface area contributed by atoms with Crippen LogP contribution in [0.15, 0.2) is 68.6 Å². The van der Waals surface area contributed by atoms with Gasteiger partial charge in [-0.2, -0.15) is 8.42 Å². The standard InChI is InChI=1S/C21H18IN3O5S/c1-29-18-5-3-2-4-14(18)15(21-23-10-11-30-21)7-9-17(26)20-24-16-8-6-13(22)12-19(16)31(27,28)25-20/h2-6,8,10-12,15H,7,9H2,1H3,(H,24,25). The van der Waals surface area contributed by atoms with Crippen LogP contribution in [0.25, 0.3) is 0 Å². The quantitative estimate of drug-likeness (QED) is 0.443. The van der Waals surface area contributed by atoms with E-state index in [1.807, 2.05) is 46.9 Å². The highest BCUT2D eigenvalue weighted by atomic mass is 127. The Hall–Kier alpha value is -2.73. The van der Waals surface area contributed by atoms with E-state index >= 15 is 0 Å². The number of carbonyl (C=O) groups is 1. The number of carbonyl (C=O) groups excluding carboxylic acids is 1. The normalized spacial score (nSPS) is 15.4. The summed E-state index contributed by atoms with van der Waals surface area (Å²) in [7, 11) is -2.38. The zero-order valence-electron chi connectivity index (χ0n) is 16.4. The summed E-state index contributed by atoms with van der Waals surface area (Å²) >= 11 is 2.03. The van der Waals surface area contributed by atoms with Crippen molar-refractivity contribution in [2.75, 3.05) is 12.4 Å². The fourth-order valence-electron chi connectivity index (χ4n) is 3.42. The molecule has 0 spiro atoms. The van der Waals surface area contributed by atoms with Crippen LogP contribution in [0, 0.1) is 3.57 Å². The molecule has 1 N–H and O–H groups in total. The van der Waals surface area contributed by atoms with Gasteiger partial charge in [0.05, 0.1) is 24.9 Å². The van der Waals surface area contributed by atoms with Crippen LogP contribution in [-0.2, 0) is 14.8 Å². The number of aromatic nitrogens is 1. The summed E-state index contributed by atoms with van der Waals surface area (Å²) in [5.74, 6) is 0.143. The Morgan fingerprint density at radius 1 is 1.26 bits per heavy atom. The third-order valence-electron chi connectivity index (χ3n) is 4.87. The van der Waals surface area contributed by atoms with E-state index in [1.165, 1.54) is 18.5 Å². The number of fused-ring (bicyclic) bond motifs is 1. The summed E-state index contributed by atoms with van der Waals surface area (Å²) in [6.07, 6.45) is 3.38. The first kappa shape index (κ1) is 21.5. The van der Waals surface area contributed by atoms with Crippen molar-refractivity contribution in [3.8, 4) is 5.75 Å². The highest BCUT2D eigenvalue weighted by molar-refractivity contribution is 14.1. The van der Waals surface area contributed by atoms with E-state index in [0.717, 1.165) is 9.13 Å². The lowest BCUT2D eigenvalue weighted by molar-refractivity contribution is -0.113. The second-order valence-corrected chi connectivity index (χ2v) is 9.63. The van der Waals surface area contributed by atoms with Gasteiger partial charge in [0.25, 0.3) is 10.0 Å². The minimum Gasteiger partial charge on any atom is -0.496 e. The molecule has 0 radical (unpaired) electrons. The van der Waals surface area contributed by atoms with Crippen molar-refractivity contribution in [1.82, 2.24) is 4.98 Å². The van der Waals surface area contributed by atoms with E-state index in [0.29, 0.717) is 23.7 Å². The molecule has 1 aromatic heterocycles. The molecule has 31 heavy (non-hydrogen) atoms. The Morgan fingerprint density at radius 3 is 2.81 bits per heavy atom. The molecule has 1 atom stereocenters. The highest BCUT2D eigenvalue weighted by Gasteiger charge is 2.30. The number of hydrogen-bond donors (Lipinski definition) is 1. The Morgan fingerprint density at radius 2 is 2.06 bits per heavy atom. The lowest BCUT2D eigenvalue weighted by Crippen LogP contribution is -2.29. The fourth-order valence-corrected chi connectivity index (χ4v) is 5.28. The van der Waals surface area contributed by atoms with Crippen molar-refractivity contribution in [2.45, 2.75) is 23.7 Å². The van der Waals surface area contributed by atoms with Crippen molar-refractivity contribution in [2.24, 2.45) is 4.40 Å². The minimum absolute atomic E-state index is 0.0339. The summed E-state index contributed by atoms with van der Waals surface area (Å²) < 4.78 is 40.5. The molecule has 10 heteroatoms. The highest BCUT2D eigenvalue weighted by Crippen LogP contribution is 2.35. The number of amidine groups is 1. The second kappa shape index (κ2) is 8.79. The minimum atomic E-state index is -3.95. The van der Waals surface area contributed by atoms with Crippen LogP contribution in [0.3, 0.4) is 0 Å². The van der Waals surface area contributed by atoms with Crippen LogP contribution in [0.1, 0.15) is 30.2 Å². The van der Waals surface area contributed by atoms with E-state index in [4.69, 9.17) is 9.15 Å². The monoisotopic (exact) mass is 551 g/mol.